The molecule has 1 saturated carbocycles. The highest BCUT2D eigenvalue weighted by molar-refractivity contribution is 5.72. The number of aromatic nitrogens is 2. The van der Waals surface area contributed by atoms with Crippen molar-refractivity contribution in [1.82, 2.24) is 15.1 Å². The van der Waals surface area contributed by atoms with E-state index >= 15 is 0 Å². The molecule has 0 unspecified atom stereocenters. The molecule has 1 aromatic heterocycles. The smallest absolute Gasteiger partial charge is 0.308 e. The Kier molecular flexibility index (Phi) is 5.08. The number of esters is 1. The van der Waals surface area contributed by atoms with Crippen LogP contribution in [0.5, 0.6) is 0 Å². The van der Waals surface area contributed by atoms with E-state index in [1.807, 2.05) is 23.0 Å². The van der Waals surface area contributed by atoms with Gasteiger partial charge in [0.1, 0.15) is 0 Å². The minimum atomic E-state index is -0.0625. The monoisotopic (exact) mass is 313 g/mol. The summed E-state index contributed by atoms with van der Waals surface area (Å²) in [5.41, 5.74) is 2.33. The maximum absolute atomic E-state index is 11.6. The summed E-state index contributed by atoms with van der Waals surface area (Å²) in [7, 11) is 1.47. The van der Waals surface area contributed by atoms with Crippen molar-refractivity contribution in [1.29, 1.82) is 0 Å². The van der Waals surface area contributed by atoms with Crippen LogP contribution in [0.1, 0.15) is 31.2 Å². The molecule has 122 valence electrons. The van der Waals surface area contributed by atoms with Crippen LogP contribution >= 0.6 is 0 Å². The van der Waals surface area contributed by atoms with Crippen LogP contribution in [0, 0.1) is 5.92 Å². The van der Waals surface area contributed by atoms with E-state index in [1.54, 1.807) is 6.20 Å². The van der Waals surface area contributed by atoms with Crippen molar-refractivity contribution in [3.05, 3.63) is 48.3 Å². The third-order valence-corrected chi connectivity index (χ3v) is 4.59. The first-order valence-corrected chi connectivity index (χ1v) is 8.17. The van der Waals surface area contributed by atoms with E-state index in [1.165, 1.54) is 12.7 Å². The van der Waals surface area contributed by atoms with Crippen molar-refractivity contribution in [2.45, 2.75) is 38.3 Å². The number of nitrogens with zero attached hydrogens (tertiary/aromatic N) is 2. The van der Waals surface area contributed by atoms with Gasteiger partial charge >= 0.3 is 5.97 Å². The zero-order valence-corrected chi connectivity index (χ0v) is 13.4. The number of carbonyl (C=O) groups is 1. The fraction of sp³-hybridized carbons (Fsp3) is 0.444. The van der Waals surface area contributed by atoms with Gasteiger partial charge in [0.2, 0.25) is 0 Å². The number of rotatable bonds is 5. The summed E-state index contributed by atoms with van der Waals surface area (Å²) in [6.45, 7) is 0.809. The van der Waals surface area contributed by atoms with Gasteiger partial charge in [0.15, 0.2) is 0 Å². The van der Waals surface area contributed by atoms with Crippen LogP contribution < -0.4 is 5.32 Å². The van der Waals surface area contributed by atoms with E-state index in [4.69, 9.17) is 4.74 Å². The second-order valence-corrected chi connectivity index (χ2v) is 6.03. The minimum Gasteiger partial charge on any atom is -0.469 e. The molecule has 0 bridgehead atoms. The number of carbonyl (C=O) groups excluding carboxylic acids is 1. The average molecular weight is 313 g/mol. The summed E-state index contributed by atoms with van der Waals surface area (Å²) in [6, 6.07) is 10.7. The second-order valence-electron chi connectivity index (χ2n) is 6.03. The molecule has 0 radical (unpaired) electrons. The van der Waals surface area contributed by atoms with Crippen LogP contribution in [0.2, 0.25) is 0 Å². The number of hydrogen-bond donors (Lipinski definition) is 1. The van der Waals surface area contributed by atoms with Crippen LogP contribution in [-0.2, 0) is 16.1 Å². The molecule has 1 aliphatic carbocycles. The molecule has 3 rings (SSSR count). The van der Waals surface area contributed by atoms with Gasteiger partial charge in [-0.3, -0.25) is 4.79 Å². The lowest BCUT2D eigenvalue weighted by atomic mass is 9.86. The van der Waals surface area contributed by atoms with Crippen molar-refractivity contribution < 1.29 is 9.53 Å². The molecular weight excluding hydrogens is 290 g/mol. The molecule has 1 aliphatic rings. The van der Waals surface area contributed by atoms with Crippen LogP contribution in [0.15, 0.2) is 42.7 Å². The highest BCUT2D eigenvalue weighted by Gasteiger charge is 2.26. The van der Waals surface area contributed by atoms with Crippen molar-refractivity contribution in [3.8, 4) is 5.69 Å². The first-order valence-electron chi connectivity index (χ1n) is 8.17. The number of benzene rings is 1. The van der Waals surface area contributed by atoms with Gasteiger partial charge in [0.25, 0.3) is 0 Å². The third-order valence-electron chi connectivity index (χ3n) is 4.59. The predicted molar refractivity (Wildman–Crippen MR) is 88.2 cm³/mol. The molecule has 5 heteroatoms. The number of para-hydroxylation sites is 1. The zero-order valence-electron chi connectivity index (χ0n) is 13.4. The molecule has 0 spiro atoms. The Balaban J connectivity index is 1.57. The van der Waals surface area contributed by atoms with Crippen molar-refractivity contribution >= 4 is 5.97 Å². The Morgan fingerprint density at radius 1 is 1.26 bits per heavy atom. The summed E-state index contributed by atoms with van der Waals surface area (Å²) in [5, 5.41) is 7.94. The maximum Gasteiger partial charge on any atom is 0.308 e. The summed E-state index contributed by atoms with van der Waals surface area (Å²) in [5.74, 6) is 0.0156. The molecule has 1 heterocycles. The van der Waals surface area contributed by atoms with E-state index in [9.17, 15) is 4.79 Å². The lowest BCUT2D eigenvalue weighted by molar-refractivity contribution is -0.146. The van der Waals surface area contributed by atoms with Gasteiger partial charge in [-0.15, -0.1) is 0 Å². The summed E-state index contributed by atoms with van der Waals surface area (Å²) in [6.07, 6.45) is 7.60. The highest BCUT2D eigenvalue weighted by Crippen LogP contribution is 2.25. The van der Waals surface area contributed by atoms with E-state index in [0.29, 0.717) is 6.04 Å². The maximum atomic E-state index is 11.6. The first kappa shape index (κ1) is 15.7. The van der Waals surface area contributed by atoms with Crippen molar-refractivity contribution in [2.24, 2.45) is 5.92 Å². The fourth-order valence-electron chi connectivity index (χ4n) is 3.25. The quantitative estimate of drug-likeness (QED) is 0.862. The van der Waals surface area contributed by atoms with Crippen LogP contribution in [0.3, 0.4) is 0 Å². The summed E-state index contributed by atoms with van der Waals surface area (Å²) >= 11 is 0. The normalized spacial score (nSPS) is 21.1. The molecule has 0 saturated heterocycles. The average Bonchev–Trinajstić information content (AvgIpc) is 3.14. The van der Waals surface area contributed by atoms with Crippen LogP contribution in [-0.4, -0.2) is 28.9 Å². The molecule has 2 aromatic rings. The third kappa shape index (κ3) is 3.79. The van der Waals surface area contributed by atoms with Crippen molar-refractivity contribution in [3.63, 3.8) is 0 Å². The standard InChI is InChI=1S/C18H23N3O2/c1-23-18(22)14-7-9-16(10-8-14)19-13-15-5-2-3-6-17(15)21-12-4-11-20-21/h2-6,11-12,14,16,19H,7-10,13H2,1H3. The SMILES string of the molecule is COC(=O)C1CCC(NCc2ccccc2-n2cccn2)CC1. The molecule has 1 fully saturated rings. The number of nitrogens with one attached hydrogen (secondary N) is 1. The number of hydrogen-bond acceptors (Lipinski definition) is 4. The molecule has 5 nitrogen and oxygen atoms in total. The topological polar surface area (TPSA) is 56.1 Å². The van der Waals surface area contributed by atoms with Crippen LogP contribution in [0.25, 0.3) is 5.69 Å². The van der Waals surface area contributed by atoms with Crippen LogP contribution in [0.4, 0.5) is 0 Å². The van der Waals surface area contributed by atoms with E-state index in [0.717, 1.165) is 37.9 Å². The number of ether oxygens (including phenoxy) is 1. The van der Waals surface area contributed by atoms with Gasteiger partial charge < -0.3 is 10.1 Å². The molecule has 0 aliphatic heterocycles. The zero-order chi connectivity index (χ0) is 16.1. The highest BCUT2D eigenvalue weighted by atomic mass is 16.5. The lowest BCUT2D eigenvalue weighted by Crippen LogP contribution is -2.35. The van der Waals surface area contributed by atoms with Crippen molar-refractivity contribution in [2.75, 3.05) is 7.11 Å². The first-order chi connectivity index (χ1) is 11.3. The van der Waals surface area contributed by atoms with Gasteiger partial charge in [-0.05, 0) is 43.4 Å². The molecule has 0 atom stereocenters. The molecule has 0 amide bonds. The van der Waals surface area contributed by atoms with Gasteiger partial charge in [-0.2, -0.15) is 5.10 Å². The van der Waals surface area contributed by atoms with Gasteiger partial charge in [-0.1, -0.05) is 18.2 Å². The number of methoxy groups -OCH3 is 1. The Morgan fingerprint density at radius 3 is 2.74 bits per heavy atom. The largest absolute Gasteiger partial charge is 0.469 e. The summed E-state index contributed by atoms with van der Waals surface area (Å²) in [4.78, 5) is 11.6. The Hall–Kier alpha value is -2.14. The van der Waals surface area contributed by atoms with E-state index < -0.39 is 0 Å². The fourth-order valence-corrected chi connectivity index (χ4v) is 3.25. The Bertz CT molecular complexity index is 631. The summed E-state index contributed by atoms with van der Waals surface area (Å²) < 4.78 is 6.74. The minimum absolute atomic E-state index is 0.0625. The van der Waals surface area contributed by atoms with Gasteiger partial charge in [0, 0.05) is 25.0 Å². The predicted octanol–water partition coefficient (Wildman–Crippen LogP) is 2.69. The molecule has 1 N–H and O–H groups in total. The van der Waals surface area contributed by atoms with E-state index in [-0.39, 0.29) is 11.9 Å². The lowest BCUT2D eigenvalue weighted by Gasteiger charge is -2.28. The Morgan fingerprint density at radius 2 is 2.04 bits per heavy atom. The molecule has 1 aromatic carbocycles. The van der Waals surface area contributed by atoms with Gasteiger partial charge in [0.05, 0.1) is 18.7 Å². The second kappa shape index (κ2) is 7.42. The molecule has 23 heavy (non-hydrogen) atoms. The van der Waals surface area contributed by atoms with E-state index in [2.05, 4.69) is 28.6 Å². The Labute approximate surface area is 136 Å². The molecular formula is C18H23N3O2. The van der Waals surface area contributed by atoms with Gasteiger partial charge in [-0.25, -0.2) is 4.68 Å².